The molecular formula is C20H21ClFN3O. The predicted molar refractivity (Wildman–Crippen MR) is 105 cm³/mol. The highest BCUT2D eigenvalue weighted by Crippen LogP contribution is 2.20. The number of rotatable bonds is 7. The molecule has 0 spiro atoms. The number of benzene rings is 1. The number of imidazole rings is 1. The number of hydrogen-bond acceptors (Lipinski definition) is 3. The minimum absolute atomic E-state index is 0.0918. The molecule has 136 valence electrons. The van der Waals surface area contributed by atoms with Gasteiger partial charge in [0.15, 0.2) is 5.82 Å². The fourth-order valence-electron chi connectivity index (χ4n) is 2.23. The third-order valence-electron chi connectivity index (χ3n) is 3.63. The summed E-state index contributed by atoms with van der Waals surface area (Å²) in [6.45, 7) is 9.82. The van der Waals surface area contributed by atoms with Gasteiger partial charge in [-0.05, 0) is 50.1 Å². The molecule has 0 atom stereocenters. The van der Waals surface area contributed by atoms with E-state index in [0.29, 0.717) is 22.1 Å². The molecule has 1 heterocycles. The number of aliphatic imine (C=N–C) groups is 1. The third-order valence-corrected chi connectivity index (χ3v) is 3.99. The zero-order valence-electron chi connectivity index (χ0n) is 15.0. The summed E-state index contributed by atoms with van der Waals surface area (Å²) < 4.78 is 14.8. The van der Waals surface area contributed by atoms with Gasteiger partial charge in [0.1, 0.15) is 18.8 Å². The van der Waals surface area contributed by atoms with E-state index in [1.54, 1.807) is 6.21 Å². The Kier molecular flexibility index (Phi) is 6.92. The van der Waals surface area contributed by atoms with Crippen LogP contribution in [0.2, 0.25) is 5.02 Å². The smallest absolute Gasteiger partial charge is 0.191 e. The third kappa shape index (κ3) is 4.92. The van der Waals surface area contributed by atoms with E-state index >= 15 is 0 Å². The van der Waals surface area contributed by atoms with Crippen molar-refractivity contribution < 1.29 is 9.23 Å². The normalized spacial score (nSPS) is 12.3. The summed E-state index contributed by atoms with van der Waals surface area (Å²) in [4.78, 5) is 14.3. The molecule has 0 aliphatic rings. The maximum absolute atomic E-state index is 13.4. The van der Waals surface area contributed by atoms with E-state index < -0.39 is 0 Å². The van der Waals surface area contributed by atoms with Crippen LogP contribution in [0.15, 0.2) is 65.5 Å². The lowest BCUT2D eigenvalue weighted by Crippen LogP contribution is -2.10. The van der Waals surface area contributed by atoms with E-state index in [2.05, 4.69) is 16.6 Å². The summed E-state index contributed by atoms with van der Waals surface area (Å²) in [6.07, 6.45) is 9.03. The lowest BCUT2D eigenvalue weighted by atomic mass is 10.1. The van der Waals surface area contributed by atoms with Gasteiger partial charge in [0, 0.05) is 16.8 Å². The fourth-order valence-corrected chi connectivity index (χ4v) is 2.40. The van der Waals surface area contributed by atoms with Crippen molar-refractivity contribution in [3.05, 3.63) is 82.6 Å². The monoisotopic (exact) mass is 373 g/mol. The lowest BCUT2D eigenvalue weighted by Gasteiger charge is -2.09. The summed E-state index contributed by atoms with van der Waals surface area (Å²) in [6, 6.07) is 4.14. The van der Waals surface area contributed by atoms with Gasteiger partial charge in [0.2, 0.25) is 0 Å². The minimum atomic E-state index is -0.368. The Morgan fingerprint density at radius 3 is 2.88 bits per heavy atom. The average molecular weight is 374 g/mol. The van der Waals surface area contributed by atoms with Gasteiger partial charge in [-0.2, -0.15) is 4.73 Å². The lowest BCUT2D eigenvalue weighted by molar-refractivity contribution is 0.100. The van der Waals surface area contributed by atoms with E-state index in [1.165, 1.54) is 29.3 Å². The quantitative estimate of drug-likeness (QED) is 0.482. The highest BCUT2D eigenvalue weighted by atomic mass is 35.5. The van der Waals surface area contributed by atoms with Gasteiger partial charge in [-0.3, -0.25) is 0 Å². The SMILES string of the molecule is C=C(/C=N\c1c(C)ncn1OCc1cc(F)ccc1Cl)C(/C=C\C)=C/C. The highest BCUT2D eigenvalue weighted by molar-refractivity contribution is 6.31. The van der Waals surface area contributed by atoms with Gasteiger partial charge in [-0.15, -0.1) is 0 Å². The molecule has 0 aliphatic carbocycles. The van der Waals surface area contributed by atoms with Gasteiger partial charge in [0.05, 0.1) is 5.69 Å². The second-order valence-corrected chi connectivity index (χ2v) is 5.92. The largest absolute Gasteiger partial charge is 0.406 e. The topological polar surface area (TPSA) is 39.4 Å². The molecule has 0 N–H and O–H groups in total. The summed E-state index contributed by atoms with van der Waals surface area (Å²) >= 11 is 6.07. The molecule has 6 heteroatoms. The zero-order chi connectivity index (χ0) is 19.1. The number of nitrogens with zero attached hydrogens (tertiary/aromatic N) is 3. The van der Waals surface area contributed by atoms with Crippen LogP contribution in [0.3, 0.4) is 0 Å². The Balaban J connectivity index is 2.17. The molecule has 0 aliphatic heterocycles. The molecule has 1 aromatic carbocycles. The Morgan fingerprint density at radius 1 is 1.42 bits per heavy atom. The van der Waals surface area contributed by atoms with Crippen LogP contribution in [-0.2, 0) is 6.61 Å². The van der Waals surface area contributed by atoms with Gasteiger partial charge >= 0.3 is 0 Å². The predicted octanol–water partition coefficient (Wildman–Crippen LogP) is 5.39. The number of hydrogen-bond donors (Lipinski definition) is 0. The molecule has 0 fully saturated rings. The summed E-state index contributed by atoms with van der Waals surface area (Å²) in [5.41, 5.74) is 2.99. The first-order valence-electron chi connectivity index (χ1n) is 8.09. The molecule has 0 saturated heterocycles. The van der Waals surface area contributed by atoms with Gasteiger partial charge in [-0.1, -0.05) is 36.4 Å². The van der Waals surface area contributed by atoms with Crippen LogP contribution in [0.4, 0.5) is 10.2 Å². The van der Waals surface area contributed by atoms with Crippen molar-refractivity contribution in [1.29, 1.82) is 0 Å². The molecule has 2 aromatic rings. The molecule has 4 nitrogen and oxygen atoms in total. The first-order valence-corrected chi connectivity index (χ1v) is 8.47. The molecule has 26 heavy (non-hydrogen) atoms. The molecule has 0 radical (unpaired) electrons. The van der Waals surface area contributed by atoms with Gasteiger partial charge in [0.25, 0.3) is 0 Å². The number of aryl methyl sites for hydroxylation is 1. The number of halogens is 2. The standard InChI is InChI=1S/C20H21ClFN3O/c1-5-7-16(6-2)14(3)11-23-20-15(4)24-13-25(20)26-12-17-10-18(22)8-9-19(17)21/h5-11,13H,3,12H2,1-2,4H3/b7-5-,16-6+,23-11-. The summed E-state index contributed by atoms with van der Waals surface area (Å²) in [5, 5.41) is 0.436. The van der Waals surface area contributed by atoms with Crippen molar-refractivity contribution >= 4 is 23.6 Å². The maximum atomic E-state index is 13.4. The second-order valence-electron chi connectivity index (χ2n) is 5.52. The minimum Gasteiger partial charge on any atom is -0.406 e. The molecule has 0 saturated carbocycles. The molecule has 0 bridgehead atoms. The molecule has 2 rings (SSSR count). The van der Waals surface area contributed by atoms with Crippen molar-refractivity contribution in [3.63, 3.8) is 0 Å². The summed E-state index contributed by atoms with van der Waals surface area (Å²) in [5.74, 6) is 0.168. The van der Waals surface area contributed by atoms with Crippen molar-refractivity contribution in [3.8, 4) is 0 Å². The Labute approximate surface area is 158 Å². The van der Waals surface area contributed by atoms with Gasteiger partial charge in [-0.25, -0.2) is 14.4 Å². The Morgan fingerprint density at radius 2 is 2.19 bits per heavy atom. The van der Waals surface area contributed by atoms with Crippen molar-refractivity contribution in [2.24, 2.45) is 4.99 Å². The van der Waals surface area contributed by atoms with E-state index in [4.69, 9.17) is 16.4 Å². The van der Waals surface area contributed by atoms with Crippen LogP contribution >= 0.6 is 11.6 Å². The van der Waals surface area contributed by atoms with E-state index in [-0.39, 0.29) is 12.4 Å². The van der Waals surface area contributed by atoms with Crippen LogP contribution < -0.4 is 4.84 Å². The van der Waals surface area contributed by atoms with E-state index in [9.17, 15) is 4.39 Å². The number of aromatic nitrogens is 2. The Bertz CT molecular complexity index is 881. The molecular weight excluding hydrogens is 353 g/mol. The molecule has 1 aromatic heterocycles. The van der Waals surface area contributed by atoms with Crippen LogP contribution in [-0.4, -0.2) is 15.9 Å². The summed E-state index contributed by atoms with van der Waals surface area (Å²) in [7, 11) is 0. The van der Waals surface area contributed by atoms with Crippen molar-refractivity contribution in [1.82, 2.24) is 9.71 Å². The van der Waals surface area contributed by atoms with Crippen LogP contribution in [0.5, 0.6) is 0 Å². The zero-order valence-corrected chi connectivity index (χ0v) is 15.8. The average Bonchev–Trinajstić information content (AvgIpc) is 2.98. The van der Waals surface area contributed by atoms with Crippen molar-refractivity contribution in [2.45, 2.75) is 27.4 Å². The molecule has 0 unspecified atom stereocenters. The van der Waals surface area contributed by atoms with Crippen LogP contribution in [0, 0.1) is 12.7 Å². The van der Waals surface area contributed by atoms with Crippen molar-refractivity contribution in [2.75, 3.05) is 0 Å². The maximum Gasteiger partial charge on any atom is 0.191 e. The first-order chi connectivity index (χ1) is 12.5. The molecule has 0 amide bonds. The fraction of sp³-hybridized carbons (Fsp3) is 0.200. The van der Waals surface area contributed by atoms with Crippen LogP contribution in [0.25, 0.3) is 0 Å². The van der Waals surface area contributed by atoms with Crippen LogP contribution in [0.1, 0.15) is 25.1 Å². The number of allylic oxidation sites excluding steroid dienone is 5. The first kappa shape index (κ1) is 19.7. The van der Waals surface area contributed by atoms with Gasteiger partial charge < -0.3 is 4.84 Å². The Hall–Kier alpha value is -2.66. The highest BCUT2D eigenvalue weighted by Gasteiger charge is 2.09. The van der Waals surface area contributed by atoms with E-state index in [1.807, 2.05) is 39.0 Å². The second kappa shape index (κ2) is 9.15. The van der Waals surface area contributed by atoms with E-state index in [0.717, 1.165) is 11.1 Å².